The topological polar surface area (TPSA) is 44.1 Å². The number of aryl methyl sites for hydroxylation is 1. The van der Waals surface area contributed by atoms with Gasteiger partial charge in [0.05, 0.1) is 13.0 Å². The minimum atomic E-state index is -0.116. The van der Waals surface area contributed by atoms with Crippen LogP contribution in [0.3, 0.4) is 0 Å². The number of carbonyl (C=O) groups is 1. The number of methoxy groups -OCH3 is 1. The quantitative estimate of drug-likeness (QED) is 0.788. The summed E-state index contributed by atoms with van der Waals surface area (Å²) in [7, 11) is 1.45. The number of imidazole rings is 1. The van der Waals surface area contributed by atoms with Crippen molar-refractivity contribution in [2.45, 2.75) is 26.3 Å². The second-order valence-electron chi connectivity index (χ2n) is 5.31. The molecule has 0 bridgehead atoms. The van der Waals surface area contributed by atoms with Gasteiger partial charge in [0.25, 0.3) is 0 Å². The maximum absolute atomic E-state index is 11.6. The first-order valence-corrected chi connectivity index (χ1v) is 6.88. The maximum Gasteiger partial charge on any atom is 0.309 e. The number of ether oxygens (including phenoxy) is 1. The lowest BCUT2D eigenvalue weighted by atomic mass is 9.96. The molecule has 104 valence electrons. The predicted octanol–water partition coefficient (Wildman–Crippen LogP) is 2.59. The minimum absolute atomic E-state index is 0.0328. The summed E-state index contributed by atoms with van der Waals surface area (Å²) < 4.78 is 7.06. The summed E-state index contributed by atoms with van der Waals surface area (Å²) >= 11 is 0. The normalized spacial score (nSPS) is 17.6. The van der Waals surface area contributed by atoms with Crippen molar-refractivity contribution in [1.82, 2.24) is 9.55 Å². The van der Waals surface area contributed by atoms with E-state index in [4.69, 9.17) is 4.74 Å². The van der Waals surface area contributed by atoms with Crippen LogP contribution in [0.4, 0.5) is 0 Å². The number of rotatable bonds is 2. The smallest absolute Gasteiger partial charge is 0.309 e. The van der Waals surface area contributed by atoms with Crippen LogP contribution < -0.4 is 0 Å². The highest BCUT2D eigenvalue weighted by atomic mass is 16.5. The van der Waals surface area contributed by atoms with Gasteiger partial charge in [0.15, 0.2) is 0 Å². The highest BCUT2D eigenvalue weighted by Gasteiger charge is 2.27. The van der Waals surface area contributed by atoms with E-state index in [1.54, 1.807) is 0 Å². The van der Waals surface area contributed by atoms with Gasteiger partial charge in [0.2, 0.25) is 0 Å². The maximum atomic E-state index is 11.6. The van der Waals surface area contributed by atoms with Gasteiger partial charge in [-0.25, -0.2) is 4.98 Å². The van der Waals surface area contributed by atoms with Crippen LogP contribution >= 0.6 is 0 Å². The van der Waals surface area contributed by atoms with Gasteiger partial charge in [0, 0.05) is 30.4 Å². The summed E-state index contributed by atoms with van der Waals surface area (Å²) in [5, 5.41) is 0. The molecular formula is C16H18N2O2. The molecule has 0 amide bonds. The second kappa shape index (κ2) is 5.12. The Bertz CT molecular complexity index is 646. The van der Waals surface area contributed by atoms with Gasteiger partial charge < -0.3 is 9.30 Å². The van der Waals surface area contributed by atoms with Crippen molar-refractivity contribution in [2.75, 3.05) is 7.11 Å². The predicted molar refractivity (Wildman–Crippen MR) is 76.2 cm³/mol. The molecule has 2 aromatic rings. The zero-order chi connectivity index (χ0) is 14.1. The summed E-state index contributed by atoms with van der Waals surface area (Å²) in [6, 6.07) is 8.35. The number of benzene rings is 1. The largest absolute Gasteiger partial charge is 0.469 e. The lowest BCUT2D eigenvalue weighted by Gasteiger charge is -2.23. The van der Waals surface area contributed by atoms with Crippen LogP contribution in [0.15, 0.2) is 30.5 Å². The molecule has 0 radical (unpaired) electrons. The standard InChI is InChI=1S/C16H18N2O2/c1-11-4-3-5-12(8-11)15-17-10-14-9-13(16(19)20-2)6-7-18(14)15/h3-5,8,10,13H,6-7,9H2,1-2H3. The Morgan fingerprint density at radius 1 is 1.45 bits per heavy atom. The molecule has 1 aromatic carbocycles. The van der Waals surface area contributed by atoms with E-state index in [0.717, 1.165) is 30.0 Å². The van der Waals surface area contributed by atoms with Crippen LogP contribution in [-0.4, -0.2) is 22.6 Å². The zero-order valence-electron chi connectivity index (χ0n) is 11.8. The molecule has 1 unspecified atom stereocenters. The molecule has 3 rings (SSSR count). The van der Waals surface area contributed by atoms with Gasteiger partial charge in [0.1, 0.15) is 5.82 Å². The number of fused-ring (bicyclic) bond motifs is 1. The van der Waals surface area contributed by atoms with Crippen LogP contribution in [0, 0.1) is 12.8 Å². The van der Waals surface area contributed by atoms with E-state index in [1.165, 1.54) is 12.7 Å². The molecule has 0 spiro atoms. The van der Waals surface area contributed by atoms with Crippen molar-refractivity contribution in [3.63, 3.8) is 0 Å². The molecule has 4 heteroatoms. The third kappa shape index (κ3) is 2.22. The third-order valence-electron chi connectivity index (χ3n) is 3.91. The molecule has 1 aliphatic heterocycles. The Morgan fingerprint density at radius 3 is 3.05 bits per heavy atom. The van der Waals surface area contributed by atoms with Gasteiger partial charge in [-0.3, -0.25) is 4.79 Å². The van der Waals surface area contributed by atoms with Crippen LogP contribution in [0.5, 0.6) is 0 Å². The van der Waals surface area contributed by atoms with Gasteiger partial charge in [-0.1, -0.05) is 23.8 Å². The average molecular weight is 270 g/mol. The Balaban J connectivity index is 1.92. The molecule has 4 nitrogen and oxygen atoms in total. The molecule has 0 saturated carbocycles. The van der Waals surface area contributed by atoms with Crippen LogP contribution in [0.25, 0.3) is 11.4 Å². The van der Waals surface area contributed by atoms with Crippen molar-refractivity contribution in [3.8, 4) is 11.4 Å². The van der Waals surface area contributed by atoms with Crippen molar-refractivity contribution < 1.29 is 9.53 Å². The molecular weight excluding hydrogens is 252 g/mol. The number of carbonyl (C=O) groups excluding carboxylic acids is 1. The third-order valence-corrected chi connectivity index (χ3v) is 3.91. The Labute approximate surface area is 118 Å². The van der Waals surface area contributed by atoms with E-state index in [-0.39, 0.29) is 11.9 Å². The summed E-state index contributed by atoms with van der Waals surface area (Å²) in [6.07, 6.45) is 3.41. The van der Waals surface area contributed by atoms with Gasteiger partial charge >= 0.3 is 5.97 Å². The summed E-state index contributed by atoms with van der Waals surface area (Å²) in [5.41, 5.74) is 3.47. The van der Waals surface area contributed by atoms with E-state index in [0.29, 0.717) is 6.42 Å². The second-order valence-corrected chi connectivity index (χ2v) is 5.31. The SMILES string of the molecule is COC(=O)C1CCn2c(cnc2-c2cccc(C)c2)C1. The van der Waals surface area contributed by atoms with Crippen molar-refractivity contribution in [2.24, 2.45) is 5.92 Å². The number of aromatic nitrogens is 2. The van der Waals surface area contributed by atoms with E-state index >= 15 is 0 Å². The zero-order valence-corrected chi connectivity index (χ0v) is 11.8. The van der Waals surface area contributed by atoms with E-state index in [1.807, 2.05) is 12.3 Å². The number of esters is 1. The fraction of sp³-hybridized carbons (Fsp3) is 0.375. The van der Waals surface area contributed by atoms with Gasteiger partial charge in [-0.2, -0.15) is 0 Å². The molecule has 0 N–H and O–H groups in total. The monoisotopic (exact) mass is 270 g/mol. The first-order valence-electron chi connectivity index (χ1n) is 6.88. The summed E-state index contributed by atoms with van der Waals surface area (Å²) in [6.45, 7) is 2.90. The van der Waals surface area contributed by atoms with Crippen LogP contribution in [-0.2, 0) is 22.5 Å². The number of hydrogen-bond acceptors (Lipinski definition) is 3. The summed E-state index contributed by atoms with van der Waals surface area (Å²) in [4.78, 5) is 16.2. The van der Waals surface area contributed by atoms with Crippen molar-refractivity contribution in [3.05, 3.63) is 41.7 Å². The highest BCUT2D eigenvalue weighted by molar-refractivity contribution is 5.73. The van der Waals surface area contributed by atoms with E-state index in [9.17, 15) is 4.79 Å². The minimum Gasteiger partial charge on any atom is -0.469 e. The molecule has 0 aliphatic carbocycles. The van der Waals surface area contributed by atoms with E-state index in [2.05, 4.69) is 34.7 Å². The Morgan fingerprint density at radius 2 is 2.30 bits per heavy atom. The average Bonchev–Trinajstić information content (AvgIpc) is 2.89. The first kappa shape index (κ1) is 12.9. The molecule has 0 fully saturated rings. The number of hydrogen-bond donors (Lipinski definition) is 0. The van der Waals surface area contributed by atoms with Gasteiger partial charge in [-0.15, -0.1) is 0 Å². The Hall–Kier alpha value is -2.10. The molecule has 1 atom stereocenters. The molecule has 0 saturated heterocycles. The van der Waals surface area contributed by atoms with E-state index < -0.39 is 0 Å². The van der Waals surface area contributed by atoms with Crippen molar-refractivity contribution in [1.29, 1.82) is 0 Å². The first-order chi connectivity index (χ1) is 9.69. The molecule has 2 heterocycles. The fourth-order valence-electron chi connectivity index (χ4n) is 2.85. The van der Waals surface area contributed by atoms with Gasteiger partial charge in [-0.05, 0) is 19.4 Å². The summed E-state index contributed by atoms with van der Waals surface area (Å²) in [5.74, 6) is 0.844. The lowest BCUT2D eigenvalue weighted by molar-refractivity contribution is -0.146. The lowest BCUT2D eigenvalue weighted by Crippen LogP contribution is -2.26. The molecule has 1 aromatic heterocycles. The van der Waals surface area contributed by atoms with Crippen LogP contribution in [0.2, 0.25) is 0 Å². The number of nitrogens with zero attached hydrogens (tertiary/aromatic N) is 2. The fourth-order valence-corrected chi connectivity index (χ4v) is 2.85. The molecule has 20 heavy (non-hydrogen) atoms. The highest BCUT2D eigenvalue weighted by Crippen LogP contribution is 2.28. The van der Waals surface area contributed by atoms with Crippen LogP contribution in [0.1, 0.15) is 17.7 Å². The van der Waals surface area contributed by atoms with Crippen molar-refractivity contribution >= 4 is 5.97 Å². The Kier molecular flexibility index (Phi) is 3.30. The molecule has 1 aliphatic rings.